The molecule has 0 aromatic carbocycles. The van der Waals surface area contributed by atoms with Gasteiger partial charge in [-0.25, -0.2) is 0 Å². The Morgan fingerprint density at radius 3 is 1.35 bits per heavy atom. The Balaban J connectivity index is -0.000000177. The summed E-state index contributed by atoms with van der Waals surface area (Å²) in [6, 6.07) is 0. The Morgan fingerprint density at radius 2 is 1.24 bits per heavy atom. The van der Waals surface area contributed by atoms with Crippen LogP contribution < -0.4 is 10.2 Å². The fourth-order valence-corrected chi connectivity index (χ4v) is 1.93. The van der Waals surface area contributed by atoms with E-state index in [2.05, 4.69) is 38.4 Å². The van der Waals surface area contributed by atoms with Crippen molar-refractivity contribution in [2.75, 3.05) is 11.5 Å². The van der Waals surface area contributed by atoms with E-state index >= 15 is 0 Å². The summed E-state index contributed by atoms with van der Waals surface area (Å²) in [7, 11) is 0. The summed E-state index contributed by atoms with van der Waals surface area (Å²) in [4.78, 5) is 18.4. The largest absolute Gasteiger partial charge is 0.549 e. The third kappa shape index (κ3) is 49.2. The number of carbonyl (C=O) groups excluding carboxylic acids is 2. The maximum Gasteiger partial charge on any atom is 0.0510 e. The van der Waals surface area contributed by atoms with Gasteiger partial charge in [-0.2, -0.15) is 25.3 Å². The predicted octanol–water partition coefficient (Wildman–Crippen LogP) is -0.769. The second-order valence-electron chi connectivity index (χ2n) is 2.30. The molecule has 0 N–H and O–H groups in total. The topological polar surface area (TPSA) is 80.3 Å². The fraction of sp³-hybridized carbons (Fsp3) is 0.400. The number of carbonyl (C=O) groups is 2. The Labute approximate surface area is 123 Å². The molecule has 0 aliphatic rings. The first-order valence-electron chi connectivity index (χ1n) is 4.50. The van der Waals surface area contributed by atoms with Crippen molar-refractivity contribution in [2.45, 2.75) is 8.87 Å². The molecule has 0 spiro atoms. The molecule has 0 aliphatic heterocycles. The summed E-state index contributed by atoms with van der Waals surface area (Å²) in [6.07, 6.45) is 4.02. The normalized spacial score (nSPS) is 7.18. The minimum Gasteiger partial charge on any atom is -0.549 e. The van der Waals surface area contributed by atoms with Gasteiger partial charge in [-0.1, -0.05) is 0 Å². The minimum atomic E-state index is -1.13. The van der Waals surface area contributed by atoms with E-state index in [4.69, 9.17) is 0 Å². The quantitative estimate of drug-likeness (QED) is 0.273. The van der Waals surface area contributed by atoms with E-state index in [-0.39, 0.29) is 32.6 Å². The standard InChI is InChI=1S/2C3H5.2C2H4O2S.Sn/c2*1-3-2;2*3-2(4)1-5;/h2*3H,1-2H2;2*5H,1H2,(H,3,4);/q;;;;+2/p-2. The van der Waals surface area contributed by atoms with Crippen molar-refractivity contribution in [1.82, 2.24) is 0 Å². The molecule has 0 aliphatic carbocycles. The molecule has 0 amide bonds. The average Bonchev–Trinajstić information content (AvgIpc) is 2.31. The first kappa shape index (κ1) is 22.1. The smallest absolute Gasteiger partial charge is 0.0510 e. The van der Waals surface area contributed by atoms with E-state index in [1.807, 2.05) is 12.2 Å². The summed E-state index contributed by atoms with van der Waals surface area (Å²) in [5.74, 6) is -2.65. The maximum absolute atomic E-state index is 9.18. The zero-order chi connectivity index (χ0) is 14.1. The minimum absolute atomic E-state index is 0.0547. The van der Waals surface area contributed by atoms with Crippen molar-refractivity contribution < 1.29 is 19.8 Å². The van der Waals surface area contributed by atoms with Crippen LogP contribution in [0, 0.1) is 0 Å². The molecule has 0 heterocycles. The molecule has 4 nitrogen and oxygen atoms in total. The van der Waals surface area contributed by atoms with Crippen LogP contribution in [-0.4, -0.2) is 44.6 Å². The van der Waals surface area contributed by atoms with Crippen LogP contribution in [0.15, 0.2) is 25.3 Å². The van der Waals surface area contributed by atoms with Gasteiger partial charge in [-0.15, -0.1) is 0 Å². The van der Waals surface area contributed by atoms with Crippen LogP contribution in [-0.2, 0) is 9.59 Å². The van der Waals surface area contributed by atoms with Gasteiger partial charge in [-0.3, -0.25) is 0 Å². The third-order valence-electron chi connectivity index (χ3n) is 0.836. The molecule has 17 heavy (non-hydrogen) atoms. The molecule has 0 radical (unpaired) electrons. The number of carboxylic acid groups (broad SMARTS) is 2. The maximum atomic E-state index is 9.18. The van der Waals surface area contributed by atoms with Crippen molar-refractivity contribution in [1.29, 1.82) is 0 Å². The Kier molecular flexibility index (Phi) is 27.6. The van der Waals surface area contributed by atoms with E-state index < -0.39 is 11.9 Å². The zero-order valence-electron chi connectivity index (χ0n) is 9.42. The van der Waals surface area contributed by atoms with Gasteiger partial charge in [0.1, 0.15) is 0 Å². The number of thiol groups is 2. The molecular weight excluding hydrogens is 367 g/mol. The molecule has 0 aromatic heterocycles. The summed E-state index contributed by atoms with van der Waals surface area (Å²) in [5, 5.41) is 18.4. The number of aliphatic carboxylic acids is 2. The second kappa shape index (κ2) is 21.2. The average molecular weight is 383 g/mol. The summed E-state index contributed by atoms with van der Waals surface area (Å²) >= 11 is 6.65. The molecule has 0 bridgehead atoms. The van der Waals surface area contributed by atoms with Crippen LogP contribution in [0.25, 0.3) is 0 Å². The number of rotatable bonds is 6. The molecule has 96 valence electrons. The second-order valence-corrected chi connectivity index (χ2v) is 6.69. The van der Waals surface area contributed by atoms with Crippen molar-refractivity contribution in [2.24, 2.45) is 0 Å². The van der Waals surface area contributed by atoms with Gasteiger partial charge in [0.05, 0.1) is 11.9 Å². The van der Waals surface area contributed by atoms with Gasteiger partial charge in [0.2, 0.25) is 0 Å². The van der Waals surface area contributed by atoms with E-state index in [0.29, 0.717) is 0 Å². The molecule has 0 unspecified atom stereocenters. The summed E-state index contributed by atoms with van der Waals surface area (Å²) < 4.78 is 2.57. The van der Waals surface area contributed by atoms with E-state index in [1.165, 1.54) is 8.87 Å². The van der Waals surface area contributed by atoms with Crippen LogP contribution in [0.1, 0.15) is 0 Å². The summed E-state index contributed by atoms with van der Waals surface area (Å²) in [5.41, 5.74) is 0. The third-order valence-corrected chi connectivity index (χ3v) is 4.65. The molecule has 0 saturated carbocycles. The van der Waals surface area contributed by atoms with Crippen LogP contribution in [0.2, 0.25) is 8.87 Å². The van der Waals surface area contributed by atoms with Crippen LogP contribution >= 0.6 is 25.3 Å². The van der Waals surface area contributed by atoms with Crippen LogP contribution in [0.4, 0.5) is 0 Å². The molecule has 0 rings (SSSR count). The number of allylic oxidation sites excluding steroid dienone is 2. The zero-order valence-corrected chi connectivity index (χ0v) is 14.1. The van der Waals surface area contributed by atoms with Gasteiger partial charge in [0.25, 0.3) is 0 Å². The first-order chi connectivity index (χ1) is 7.95. The van der Waals surface area contributed by atoms with Crippen molar-refractivity contribution in [3.8, 4) is 0 Å². The predicted molar refractivity (Wildman–Crippen MR) is 73.5 cm³/mol. The molecule has 7 heteroatoms. The number of hydrogen-bond donors (Lipinski definition) is 2. The van der Waals surface area contributed by atoms with Gasteiger partial charge in [0.15, 0.2) is 0 Å². The van der Waals surface area contributed by atoms with Gasteiger partial charge in [0, 0.05) is 11.5 Å². The van der Waals surface area contributed by atoms with Gasteiger partial charge < -0.3 is 19.8 Å². The fourth-order valence-electron chi connectivity index (χ4n) is 0.287. The van der Waals surface area contributed by atoms with Crippen molar-refractivity contribution >= 4 is 58.3 Å². The van der Waals surface area contributed by atoms with Crippen molar-refractivity contribution in [3.63, 3.8) is 0 Å². The van der Waals surface area contributed by atoms with Gasteiger partial charge in [-0.05, 0) is 0 Å². The Bertz CT molecular complexity index is 200. The monoisotopic (exact) mass is 384 g/mol. The molecule has 0 saturated heterocycles. The summed E-state index contributed by atoms with van der Waals surface area (Å²) in [6.45, 7) is 7.28. The first-order valence-corrected chi connectivity index (χ1v) is 9.80. The van der Waals surface area contributed by atoms with Crippen LogP contribution in [0.3, 0.4) is 0 Å². The molecule has 0 atom stereocenters. The SMILES string of the molecule is C=C[CH2][Sn+2][CH2]C=C.O=C([O-])CS.O=C([O-])CS. The van der Waals surface area contributed by atoms with E-state index in [9.17, 15) is 19.8 Å². The Hall–Kier alpha value is -0.0813. The van der Waals surface area contributed by atoms with E-state index in [1.54, 1.807) is 0 Å². The molecular formula is C10H16O4S2Sn. The van der Waals surface area contributed by atoms with E-state index in [0.717, 1.165) is 0 Å². The number of hydrogen-bond acceptors (Lipinski definition) is 6. The van der Waals surface area contributed by atoms with Crippen LogP contribution in [0.5, 0.6) is 0 Å². The van der Waals surface area contributed by atoms with Gasteiger partial charge >= 0.3 is 55.3 Å². The Morgan fingerprint density at radius 1 is 1.00 bits per heavy atom. The molecule has 0 aromatic rings. The van der Waals surface area contributed by atoms with Crippen molar-refractivity contribution in [3.05, 3.63) is 25.3 Å². The molecule has 0 fully saturated rings. The number of carboxylic acids is 2.